The lowest BCUT2D eigenvalue weighted by Crippen LogP contribution is -2.10. The van der Waals surface area contributed by atoms with Crippen molar-refractivity contribution in [1.82, 2.24) is 0 Å². The Kier molecular flexibility index (Phi) is 6.69. The number of hydrogen-bond donors (Lipinski definition) is 0. The van der Waals surface area contributed by atoms with Crippen LogP contribution in [0.2, 0.25) is 0 Å². The third-order valence-electron chi connectivity index (χ3n) is 3.98. The molecule has 0 N–H and O–H groups in total. The minimum Gasteiger partial charge on any atom is -0.493 e. The molecule has 27 heavy (non-hydrogen) atoms. The number of carbonyl (C=O) groups excluding carboxylic acids is 1. The van der Waals surface area contributed by atoms with E-state index in [0.717, 1.165) is 26.7 Å². The van der Waals surface area contributed by atoms with Gasteiger partial charge in [-0.2, -0.15) is 0 Å². The van der Waals surface area contributed by atoms with Crippen molar-refractivity contribution < 1.29 is 14.3 Å². The fraction of sp³-hybridized carbons (Fsp3) is 0.136. The summed E-state index contributed by atoms with van der Waals surface area (Å²) < 4.78 is 12.9. The molecule has 0 aliphatic heterocycles. The summed E-state index contributed by atoms with van der Waals surface area (Å²) in [5, 5.41) is 0. The second kappa shape index (κ2) is 9.20. The van der Waals surface area contributed by atoms with Crippen molar-refractivity contribution in [3.05, 3.63) is 92.4 Å². The summed E-state index contributed by atoms with van der Waals surface area (Å²) >= 11 is 6.85. The summed E-state index contributed by atoms with van der Waals surface area (Å²) in [7, 11) is 0. The molecule has 0 saturated carbocycles. The minimum absolute atomic E-state index is 0.406. The molecule has 0 heterocycles. The van der Waals surface area contributed by atoms with Crippen LogP contribution in [0.1, 0.15) is 21.5 Å². The Morgan fingerprint density at radius 3 is 2.33 bits per heavy atom. The van der Waals surface area contributed by atoms with E-state index in [1.54, 1.807) is 24.3 Å². The van der Waals surface area contributed by atoms with Gasteiger partial charge in [0.15, 0.2) is 0 Å². The number of ether oxygens (including phenoxy) is 2. The van der Waals surface area contributed by atoms with Crippen LogP contribution < -0.4 is 9.47 Å². The molecule has 0 fully saturated rings. The highest BCUT2D eigenvalue weighted by molar-refractivity contribution is 9.11. The van der Waals surface area contributed by atoms with Crippen LogP contribution in [0.3, 0.4) is 0 Å². The van der Waals surface area contributed by atoms with Crippen molar-refractivity contribution >= 4 is 37.8 Å². The van der Waals surface area contributed by atoms with E-state index in [0.29, 0.717) is 17.9 Å². The normalized spacial score (nSPS) is 10.5. The van der Waals surface area contributed by atoms with Crippen LogP contribution in [0.4, 0.5) is 0 Å². The van der Waals surface area contributed by atoms with Gasteiger partial charge < -0.3 is 9.47 Å². The molecule has 0 aliphatic carbocycles. The van der Waals surface area contributed by atoms with Gasteiger partial charge in [0, 0.05) is 10.9 Å². The fourth-order valence-corrected chi connectivity index (χ4v) is 4.11. The van der Waals surface area contributed by atoms with Gasteiger partial charge in [0.25, 0.3) is 0 Å². The number of aryl methyl sites for hydroxylation is 1. The van der Waals surface area contributed by atoms with Gasteiger partial charge in [-0.05, 0) is 70.4 Å². The maximum absolute atomic E-state index is 12.4. The van der Waals surface area contributed by atoms with Gasteiger partial charge in [-0.1, -0.05) is 46.3 Å². The lowest BCUT2D eigenvalue weighted by molar-refractivity contribution is 0.0732. The Balaban J connectivity index is 1.59. The zero-order valence-electron chi connectivity index (χ0n) is 14.7. The molecule has 3 aromatic carbocycles. The standard InChI is InChI=1S/C22H18Br2O3/c1-15-13-18(23)14-20(24)21(15)27-22(25)17-7-9-19(10-8-17)26-12-11-16-5-3-2-4-6-16/h2-10,13-14H,11-12H2,1H3. The second-order valence-electron chi connectivity index (χ2n) is 6.03. The molecular formula is C22H18Br2O3. The van der Waals surface area contributed by atoms with E-state index in [9.17, 15) is 4.79 Å². The molecule has 138 valence electrons. The molecule has 0 bridgehead atoms. The van der Waals surface area contributed by atoms with E-state index in [1.165, 1.54) is 5.56 Å². The van der Waals surface area contributed by atoms with Crippen molar-refractivity contribution in [2.45, 2.75) is 13.3 Å². The Bertz CT molecular complexity index is 899. The van der Waals surface area contributed by atoms with Gasteiger partial charge in [0.1, 0.15) is 11.5 Å². The molecule has 0 amide bonds. The van der Waals surface area contributed by atoms with E-state index in [2.05, 4.69) is 44.0 Å². The highest BCUT2D eigenvalue weighted by Crippen LogP contribution is 2.33. The van der Waals surface area contributed by atoms with E-state index in [4.69, 9.17) is 9.47 Å². The first-order chi connectivity index (χ1) is 13.0. The fourth-order valence-electron chi connectivity index (χ4n) is 2.59. The number of esters is 1. The van der Waals surface area contributed by atoms with Gasteiger partial charge in [-0.25, -0.2) is 4.79 Å². The van der Waals surface area contributed by atoms with Gasteiger partial charge in [0.2, 0.25) is 0 Å². The molecule has 0 aliphatic rings. The topological polar surface area (TPSA) is 35.5 Å². The van der Waals surface area contributed by atoms with Crippen molar-refractivity contribution in [3.8, 4) is 11.5 Å². The Hall–Kier alpha value is -2.11. The number of hydrogen-bond acceptors (Lipinski definition) is 3. The van der Waals surface area contributed by atoms with Crippen LogP contribution in [0, 0.1) is 6.92 Å². The van der Waals surface area contributed by atoms with Gasteiger partial charge >= 0.3 is 5.97 Å². The molecule has 0 radical (unpaired) electrons. The number of carbonyl (C=O) groups is 1. The van der Waals surface area contributed by atoms with Crippen molar-refractivity contribution in [2.75, 3.05) is 6.61 Å². The first-order valence-electron chi connectivity index (χ1n) is 8.47. The van der Waals surface area contributed by atoms with E-state index in [-0.39, 0.29) is 0 Å². The molecule has 0 unspecified atom stereocenters. The molecular weight excluding hydrogens is 472 g/mol. The highest BCUT2D eigenvalue weighted by Gasteiger charge is 2.14. The third-order valence-corrected chi connectivity index (χ3v) is 5.03. The van der Waals surface area contributed by atoms with Crippen molar-refractivity contribution in [1.29, 1.82) is 0 Å². The predicted octanol–water partition coefficient (Wildman–Crippen LogP) is 6.36. The smallest absolute Gasteiger partial charge is 0.343 e. The molecule has 3 rings (SSSR count). The molecule has 3 nitrogen and oxygen atoms in total. The summed E-state index contributed by atoms with van der Waals surface area (Å²) in [6.45, 7) is 2.47. The van der Waals surface area contributed by atoms with Gasteiger partial charge in [-0.15, -0.1) is 0 Å². The molecule has 0 spiro atoms. The maximum atomic E-state index is 12.4. The molecule has 0 aromatic heterocycles. The lowest BCUT2D eigenvalue weighted by Gasteiger charge is -2.11. The number of rotatable bonds is 6. The highest BCUT2D eigenvalue weighted by atomic mass is 79.9. The summed E-state index contributed by atoms with van der Waals surface area (Å²) in [6, 6.07) is 20.9. The van der Waals surface area contributed by atoms with Crippen LogP contribution in [-0.2, 0) is 6.42 Å². The van der Waals surface area contributed by atoms with Crippen LogP contribution in [0.5, 0.6) is 11.5 Å². The Labute approximate surface area is 175 Å². The average Bonchev–Trinajstić information content (AvgIpc) is 2.66. The lowest BCUT2D eigenvalue weighted by atomic mass is 10.2. The van der Waals surface area contributed by atoms with Crippen LogP contribution >= 0.6 is 31.9 Å². The van der Waals surface area contributed by atoms with Crippen LogP contribution in [-0.4, -0.2) is 12.6 Å². The molecule has 0 atom stereocenters. The molecule has 5 heteroatoms. The molecule has 3 aromatic rings. The van der Waals surface area contributed by atoms with E-state index < -0.39 is 5.97 Å². The largest absolute Gasteiger partial charge is 0.493 e. The average molecular weight is 490 g/mol. The Morgan fingerprint density at radius 2 is 1.67 bits per heavy atom. The molecule has 0 saturated heterocycles. The van der Waals surface area contributed by atoms with Crippen LogP contribution in [0.25, 0.3) is 0 Å². The van der Waals surface area contributed by atoms with Crippen molar-refractivity contribution in [2.24, 2.45) is 0 Å². The maximum Gasteiger partial charge on any atom is 0.343 e. The quantitative estimate of drug-likeness (QED) is 0.298. The summed E-state index contributed by atoms with van der Waals surface area (Å²) in [5.41, 5.74) is 2.57. The zero-order valence-corrected chi connectivity index (χ0v) is 17.9. The predicted molar refractivity (Wildman–Crippen MR) is 114 cm³/mol. The first-order valence-corrected chi connectivity index (χ1v) is 10.1. The number of halogens is 2. The van der Waals surface area contributed by atoms with E-state index in [1.807, 2.05) is 37.3 Å². The summed E-state index contributed by atoms with van der Waals surface area (Å²) in [4.78, 5) is 12.4. The Morgan fingerprint density at radius 1 is 0.963 bits per heavy atom. The van der Waals surface area contributed by atoms with Gasteiger partial charge in [0.05, 0.1) is 16.6 Å². The number of benzene rings is 3. The first kappa shape index (κ1) is 19.6. The third kappa shape index (κ3) is 5.44. The zero-order chi connectivity index (χ0) is 19.2. The summed E-state index contributed by atoms with van der Waals surface area (Å²) in [5.74, 6) is 0.840. The SMILES string of the molecule is Cc1cc(Br)cc(Br)c1OC(=O)c1ccc(OCCc2ccccc2)cc1. The van der Waals surface area contributed by atoms with Crippen LogP contribution in [0.15, 0.2) is 75.7 Å². The van der Waals surface area contributed by atoms with E-state index >= 15 is 0 Å². The minimum atomic E-state index is -0.406. The van der Waals surface area contributed by atoms with Gasteiger partial charge in [-0.3, -0.25) is 0 Å². The summed E-state index contributed by atoms with van der Waals surface area (Å²) in [6.07, 6.45) is 0.835. The van der Waals surface area contributed by atoms with Crippen molar-refractivity contribution in [3.63, 3.8) is 0 Å². The second-order valence-corrected chi connectivity index (χ2v) is 7.80. The monoisotopic (exact) mass is 488 g/mol.